The van der Waals surface area contributed by atoms with Gasteiger partial charge in [0.2, 0.25) is 5.91 Å². The van der Waals surface area contributed by atoms with Gasteiger partial charge in [-0.15, -0.1) is 0 Å². The molecule has 0 spiro atoms. The van der Waals surface area contributed by atoms with Gasteiger partial charge < -0.3 is 24.4 Å². The molecule has 0 aromatic rings. The highest BCUT2D eigenvalue weighted by atomic mass is 19.4. The Balaban J connectivity index is 0.000000370. The summed E-state index contributed by atoms with van der Waals surface area (Å²) in [4.78, 5) is 25.8. The van der Waals surface area contributed by atoms with Gasteiger partial charge in [-0.3, -0.25) is 4.79 Å². The fourth-order valence-corrected chi connectivity index (χ4v) is 3.81. The fourth-order valence-electron chi connectivity index (χ4n) is 3.81. The number of carboxylic acid groups (broad SMARTS) is 1. The SMILES string of the molecule is CN(C)CCO[C@@H]1CC[C@H]2[C@H]1OCCN2C(=O)C1CC=CC1.O=C(O)C(F)(F)F. The minimum atomic E-state index is -5.08. The van der Waals surface area contributed by atoms with E-state index < -0.39 is 12.1 Å². The minimum Gasteiger partial charge on any atom is -0.475 e. The number of hydrogen-bond donors (Lipinski definition) is 1. The van der Waals surface area contributed by atoms with Crippen molar-refractivity contribution in [2.24, 2.45) is 5.92 Å². The van der Waals surface area contributed by atoms with Gasteiger partial charge in [-0.05, 0) is 39.8 Å². The van der Waals surface area contributed by atoms with E-state index in [1.165, 1.54) is 0 Å². The number of hydrogen-bond acceptors (Lipinski definition) is 5. The summed E-state index contributed by atoms with van der Waals surface area (Å²) in [6, 6.07) is 0.214. The van der Waals surface area contributed by atoms with Crippen molar-refractivity contribution in [3.05, 3.63) is 12.2 Å². The second kappa shape index (κ2) is 10.4. The molecule has 166 valence electrons. The molecule has 1 aliphatic heterocycles. The van der Waals surface area contributed by atoms with E-state index in [1.807, 2.05) is 14.1 Å². The van der Waals surface area contributed by atoms with E-state index in [2.05, 4.69) is 22.0 Å². The number of alkyl halides is 3. The lowest BCUT2D eigenvalue weighted by molar-refractivity contribution is -0.192. The zero-order valence-electron chi connectivity index (χ0n) is 16.7. The first-order valence-corrected chi connectivity index (χ1v) is 9.74. The standard InChI is InChI=1S/C17H28N2O3.C2HF3O2/c1-18(2)9-11-21-15-8-7-14-16(15)22-12-10-19(14)17(20)13-5-3-4-6-13;3-2(4,5)1(6)7/h3-4,13-16H,5-12H2,1-2H3;(H,6,7)/t14-,15+,16+;/m0./s1. The lowest BCUT2D eigenvalue weighted by atomic mass is 10.0. The maximum atomic E-state index is 12.7. The van der Waals surface area contributed by atoms with Gasteiger partial charge in [-0.2, -0.15) is 13.2 Å². The first-order valence-electron chi connectivity index (χ1n) is 9.74. The number of ether oxygens (including phenoxy) is 2. The molecule has 2 aliphatic carbocycles. The molecule has 3 rings (SSSR count). The molecule has 0 aromatic heterocycles. The topological polar surface area (TPSA) is 79.3 Å². The first kappa shape index (κ1) is 23.6. The summed E-state index contributed by atoms with van der Waals surface area (Å²) in [5.41, 5.74) is 0. The summed E-state index contributed by atoms with van der Waals surface area (Å²) < 4.78 is 43.7. The summed E-state index contributed by atoms with van der Waals surface area (Å²) in [6.07, 6.45) is 3.17. The molecule has 0 bridgehead atoms. The Labute approximate surface area is 168 Å². The summed E-state index contributed by atoms with van der Waals surface area (Å²) in [5, 5.41) is 7.12. The number of carboxylic acids is 1. The van der Waals surface area contributed by atoms with Gasteiger partial charge in [0.1, 0.15) is 6.10 Å². The van der Waals surface area contributed by atoms with Crippen molar-refractivity contribution in [1.82, 2.24) is 9.80 Å². The molecule has 3 atom stereocenters. The number of halogens is 3. The number of carbonyl (C=O) groups excluding carboxylic acids is 1. The van der Waals surface area contributed by atoms with Crippen molar-refractivity contribution in [1.29, 1.82) is 0 Å². The Kier molecular flexibility index (Phi) is 8.47. The maximum absolute atomic E-state index is 12.7. The van der Waals surface area contributed by atoms with Gasteiger partial charge in [0, 0.05) is 19.0 Å². The third-order valence-electron chi connectivity index (χ3n) is 5.29. The molecule has 0 unspecified atom stereocenters. The predicted octanol–water partition coefficient (Wildman–Crippen LogP) is 1.92. The lowest BCUT2D eigenvalue weighted by Crippen LogP contribution is -2.55. The number of likely N-dealkylation sites (N-methyl/N-ethyl adjacent to an activating group) is 1. The Morgan fingerprint density at radius 2 is 1.86 bits per heavy atom. The average molecular weight is 422 g/mol. The molecule has 1 amide bonds. The highest BCUT2D eigenvalue weighted by Gasteiger charge is 2.46. The summed E-state index contributed by atoms with van der Waals surface area (Å²) in [5.74, 6) is -2.28. The third-order valence-corrected chi connectivity index (χ3v) is 5.29. The number of fused-ring (bicyclic) bond motifs is 1. The quantitative estimate of drug-likeness (QED) is 0.682. The zero-order valence-corrected chi connectivity index (χ0v) is 16.7. The van der Waals surface area contributed by atoms with Crippen LogP contribution in [0.5, 0.6) is 0 Å². The second-order valence-electron chi connectivity index (χ2n) is 7.67. The number of carbonyl (C=O) groups is 2. The lowest BCUT2D eigenvalue weighted by Gasteiger charge is -2.40. The Bertz CT molecular complexity index is 589. The number of aliphatic carboxylic acids is 1. The van der Waals surface area contributed by atoms with Crippen LogP contribution in [0.1, 0.15) is 25.7 Å². The smallest absolute Gasteiger partial charge is 0.475 e. The largest absolute Gasteiger partial charge is 0.490 e. The van der Waals surface area contributed by atoms with E-state index in [0.29, 0.717) is 12.5 Å². The first-order chi connectivity index (χ1) is 13.6. The van der Waals surface area contributed by atoms with Crippen molar-refractivity contribution in [3.63, 3.8) is 0 Å². The molecular weight excluding hydrogens is 393 g/mol. The Morgan fingerprint density at radius 1 is 1.24 bits per heavy atom. The number of nitrogens with zero attached hydrogens (tertiary/aromatic N) is 2. The van der Waals surface area contributed by atoms with Gasteiger partial charge in [-0.25, -0.2) is 4.79 Å². The van der Waals surface area contributed by atoms with Crippen LogP contribution < -0.4 is 0 Å². The van der Waals surface area contributed by atoms with Crippen LogP contribution in [-0.4, -0.2) is 91.6 Å². The number of amides is 1. The molecule has 1 saturated carbocycles. The van der Waals surface area contributed by atoms with Crippen LogP contribution in [0.4, 0.5) is 13.2 Å². The number of allylic oxidation sites excluding steroid dienone is 2. The van der Waals surface area contributed by atoms with Crippen molar-refractivity contribution >= 4 is 11.9 Å². The number of morpholine rings is 1. The average Bonchev–Trinajstić information content (AvgIpc) is 3.30. The predicted molar refractivity (Wildman–Crippen MR) is 98.3 cm³/mol. The maximum Gasteiger partial charge on any atom is 0.490 e. The van der Waals surface area contributed by atoms with Gasteiger partial charge in [-0.1, -0.05) is 12.2 Å². The molecule has 2 fully saturated rings. The van der Waals surface area contributed by atoms with Crippen LogP contribution in [0.3, 0.4) is 0 Å². The van der Waals surface area contributed by atoms with Gasteiger partial charge in [0.05, 0.1) is 25.4 Å². The highest BCUT2D eigenvalue weighted by Crippen LogP contribution is 2.34. The van der Waals surface area contributed by atoms with E-state index in [9.17, 15) is 18.0 Å². The molecule has 1 heterocycles. The molecule has 29 heavy (non-hydrogen) atoms. The molecule has 10 heteroatoms. The van der Waals surface area contributed by atoms with E-state index in [0.717, 1.165) is 45.4 Å². The molecule has 1 saturated heterocycles. The van der Waals surface area contributed by atoms with Crippen LogP contribution in [0.2, 0.25) is 0 Å². The molecular formula is C19H29F3N2O5. The second-order valence-corrected chi connectivity index (χ2v) is 7.67. The summed E-state index contributed by atoms with van der Waals surface area (Å²) in [7, 11) is 4.10. The van der Waals surface area contributed by atoms with Crippen LogP contribution in [0.25, 0.3) is 0 Å². The van der Waals surface area contributed by atoms with E-state index in [-0.39, 0.29) is 24.2 Å². The van der Waals surface area contributed by atoms with E-state index in [4.69, 9.17) is 19.4 Å². The summed E-state index contributed by atoms with van der Waals surface area (Å²) in [6.45, 7) is 3.02. The van der Waals surface area contributed by atoms with Crippen molar-refractivity contribution in [2.75, 3.05) is 40.4 Å². The van der Waals surface area contributed by atoms with Crippen LogP contribution in [0, 0.1) is 5.92 Å². The van der Waals surface area contributed by atoms with E-state index in [1.54, 1.807) is 0 Å². The third kappa shape index (κ3) is 6.68. The minimum absolute atomic E-state index is 0.0641. The zero-order chi connectivity index (χ0) is 21.6. The molecule has 0 radical (unpaired) electrons. The van der Waals surface area contributed by atoms with Crippen molar-refractivity contribution in [3.8, 4) is 0 Å². The Hall–Kier alpha value is -1.65. The van der Waals surface area contributed by atoms with E-state index >= 15 is 0 Å². The highest BCUT2D eigenvalue weighted by molar-refractivity contribution is 5.80. The van der Waals surface area contributed by atoms with Crippen molar-refractivity contribution < 1.29 is 37.3 Å². The van der Waals surface area contributed by atoms with Crippen LogP contribution in [-0.2, 0) is 19.1 Å². The van der Waals surface area contributed by atoms with Gasteiger partial charge in [0.25, 0.3) is 0 Å². The molecule has 3 aliphatic rings. The monoisotopic (exact) mass is 422 g/mol. The molecule has 7 nitrogen and oxygen atoms in total. The van der Waals surface area contributed by atoms with Gasteiger partial charge in [0.15, 0.2) is 0 Å². The summed E-state index contributed by atoms with van der Waals surface area (Å²) >= 11 is 0. The molecule has 1 N–H and O–H groups in total. The van der Waals surface area contributed by atoms with Crippen LogP contribution >= 0.6 is 0 Å². The van der Waals surface area contributed by atoms with Gasteiger partial charge >= 0.3 is 12.1 Å². The van der Waals surface area contributed by atoms with Crippen molar-refractivity contribution in [2.45, 2.75) is 50.1 Å². The normalized spacial score (nSPS) is 27.0. The molecule has 0 aromatic carbocycles. The number of rotatable bonds is 5. The van der Waals surface area contributed by atoms with Crippen LogP contribution in [0.15, 0.2) is 12.2 Å². The fraction of sp³-hybridized carbons (Fsp3) is 0.789. The Morgan fingerprint density at radius 3 is 2.41 bits per heavy atom.